The normalized spacial score (nSPS) is 18.1. The highest BCUT2D eigenvalue weighted by Crippen LogP contribution is 2.45. The number of rotatable bonds is 3. The number of anilines is 1. The third kappa shape index (κ3) is 4.25. The van der Waals surface area contributed by atoms with Crippen LogP contribution in [0.2, 0.25) is 0 Å². The number of nitrogens with two attached hydrogens (primary N) is 2. The molecule has 32 heavy (non-hydrogen) atoms. The van der Waals surface area contributed by atoms with Crippen molar-refractivity contribution >= 4 is 29.4 Å². The van der Waals surface area contributed by atoms with E-state index in [-0.39, 0.29) is 11.9 Å². The number of hydrogen-bond acceptors (Lipinski definition) is 7. The van der Waals surface area contributed by atoms with Gasteiger partial charge in [-0.25, -0.2) is 4.99 Å². The molecule has 1 heterocycles. The van der Waals surface area contributed by atoms with Crippen LogP contribution >= 0.6 is 11.8 Å². The van der Waals surface area contributed by atoms with E-state index in [9.17, 15) is 18.4 Å². The Labute approximate surface area is 187 Å². The second-order valence-electron chi connectivity index (χ2n) is 7.74. The topological polar surface area (TPSA) is 104 Å². The van der Waals surface area contributed by atoms with E-state index in [1.54, 1.807) is 29.2 Å². The lowest BCUT2D eigenvalue weighted by atomic mass is 9.87. The van der Waals surface area contributed by atoms with E-state index in [4.69, 9.17) is 11.5 Å². The van der Waals surface area contributed by atoms with Gasteiger partial charge in [-0.2, -0.15) is 23.4 Å². The molecule has 2 aromatic rings. The summed E-state index contributed by atoms with van der Waals surface area (Å²) in [6.45, 7) is 0. The summed E-state index contributed by atoms with van der Waals surface area (Å²) in [4.78, 5) is 11.6. The Morgan fingerprint density at radius 3 is 2.50 bits per heavy atom. The van der Waals surface area contributed by atoms with Gasteiger partial charge in [0.05, 0.1) is 22.9 Å². The molecule has 1 fully saturated rings. The zero-order valence-corrected chi connectivity index (χ0v) is 17.9. The predicted molar refractivity (Wildman–Crippen MR) is 118 cm³/mol. The number of alkyl halides is 3. The molecule has 1 spiro atoms. The molecule has 2 aromatic carbocycles. The Kier molecular flexibility index (Phi) is 5.77. The predicted octanol–water partition coefficient (Wildman–Crippen LogP) is 4.84. The van der Waals surface area contributed by atoms with Crippen molar-refractivity contribution in [3.63, 3.8) is 0 Å². The molecular weight excluding hydrogens is 437 g/mol. The van der Waals surface area contributed by atoms with Gasteiger partial charge in [0.2, 0.25) is 11.9 Å². The van der Waals surface area contributed by atoms with E-state index >= 15 is 0 Å². The lowest BCUT2D eigenvalue weighted by Crippen LogP contribution is -2.58. The van der Waals surface area contributed by atoms with Crippen molar-refractivity contribution in [2.45, 2.75) is 53.7 Å². The smallest absolute Gasteiger partial charge is 0.369 e. The molecule has 1 aliphatic carbocycles. The van der Waals surface area contributed by atoms with Gasteiger partial charge in [-0.15, -0.1) is 0 Å². The minimum atomic E-state index is -4.44. The van der Waals surface area contributed by atoms with Crippen LogP contribution in [0.4, 0.5) is 18.9 Å². The van der Waals surface area contributed by atoms with Gasteiger partial charge in [-0.05, 0) is 62.1 Å². The first-order valence-corrected chi connectivity index (χ1v) is 10.9. The van der Waals surface area contributed by atoms with Crippen molar-refractivity contribution in [2.24, 2.45) is 21.5 Å². The maximum absolute atomic E-state index is 13.2. The number of hydrogen-bond donors (Lipinski definition) is 2. The summed E-state index contributed by atoms with van der Waals surface area (Å²) in [5.74, 6) is 0.254. The lowest BCUT2D eigenvalue weighted by Gasteiger charge is -2.46. The molecule has 10 heteroatoms. The average Bonchev–Trinajstić information content (AvgIpc) is 2.74. The first kappa shape index (κ1) is 22.0. The van der Waals surface area contributed by atoms with Crippen LogP contribution in [0.1, 0.15) is 43.2 Å². The Morgan fingerprint density at radius 2 is 1.81 bits per heavy atom. The molecule has 0 bridgehead atoms. The fourth-order valence-corrected chi connectivity index (χ4v) is 5.16. The fourth-order valence-electron chi connectivity index (χ4n) is 4.18. The Bertz CT molecular complexity index is 1130. The first-order valence-electron chi connectivity index (χ1n) is 10.1. The number of nitriles is 1. The number of benzene rings is 2. The van der Waals surface area contributed by atoms with Crippen molar-refractivity contribution in [1.29, 1.82) is 5.26 Å². The molecule has 0 unspecified atom stereocenters. The minimum Gasteiger partial charge on any atom is -0.369 e. The van der Waals surface area contributed by atoms with Gasteiger partial charge in [-0.3, -0.25) is 4.90 Å². The highest BCUT2D eigenvalue weighted by atomic mass is 32.2. The van der Waals surface area contributed by atoms with Crippen molar-refractivity contribution in [1.82, 2.24) is 0 Å². The molecule has 6 nitrogen and oxygen atoms in total. The second-order valence-corrected chi connectivity index (χ2v) is 8.86. The van der Waals surface area contributed by atoms with Crippen molar-refractivity contribution in [2.75, 3.05) is 4.90 Å². The van der Waals surface area contributed by atoms with Gasteiger partial charge in [-0.1, -0.05) is 24.2 Å². The van der Waals surface area contributed by atoms with Crippen LogP contribution in [0.15, 0.2) is 62.2 Å². The number of guanidine groups is 2. The molecule has 1 aliphatic heterocycles. The maximum atomic E-state index is 13.2. The second kappa shape index (κ2) is 8.39. The van der Waals surface area contributed by atoms with E-state index in [0.717, 1.165) is 31.4 Å². The quantitative estimate of drug-likeness (QED) is 0.685. The molecule has 0 saturated heterocycles. The zero-order chi connectivity index (χ0) is 22.9. The molecule has 4 N–H and O–H groups in total. The van der Waals surface area contributed by atoms with E-state index < -0.39 is 17.4 Å². The van der Waals surface area contributed by atoms with Crippen LogP contribution in [0, 0.1) is 11.3 Å². The van der Waals surface area contributed by atoms with Crippen LogP contribution in [-0.4, -0.2) is 17.6 Å². The number of aliphatic imine (C=N–C) groups is 2. The molecule has 2 aliphatic rings. The fraction of sp³-hybridized carbons (Fsp3) is 0.318. The minimum absolute atomic E-state index is 0.101. The standard InChI is InChI=1S/C22H21F3N6S/c23-22(24,25)15-5-4-6-16(12-15)32-18-8-7-14(13-26)11-17(18)31-20(28)29-19(27)30-21(31)9-2-1-3-10-21/h4-8,11-12H,1-3,9-10H2,(H4,27,28,29,30). The van der Waals surface area contributed by atoms with E-state index in [1.165, 1.54) is 17.8 Å². The van der Waals surface area contributed by atoms with Crippen LogP contribution < -0.4 is 16.4 Å². The molecule has 0 amide bonds. The highest BCUT2D eigenvalue weighted by molar-refractivity contribution is 7.99. The van der Waals surface area contributed by atoms with Crippen LogP contribution in [0.25, 0.3) is 0 Å². The van der Waals surface area contributed by atoms with E-state index in [0.29, 0.717) is 33.9 Å². The van der Waals surface area contributed by atoms with Crippen LogP contribution in [0.5, 0.6) is 0 Å². The third-order valence-corrected chi connectivity index (χ3v) is 6.62. The van der Waals surface area contributed by atoms with Gasteiger partial charge in [0.1, 0.15) is 5.66 Å². The lowest BCUT2D eigenvalue weighted by molar-refractivity contribution is -0.137. The summed E-state index contributed by atoms with van der Waals surface area (Å²) in [7, 11) is 0. The van der Waals surface area contributed by atoms with Crippen LogP contribution in [-0.2, 0) is 6.18 Å². The Balaban J connectivity index is 1.81. The molecule has 0 aromatic heterocycles. The van der Waals surface area contributed by atoms with Gasteiger partial charge in [0, 0.05) is 9.79 Å². The molecular formula is C22H21F3N6S. The summed E-state index contributed by atoms with van der Waals surface area (Å²) >= 11 is 1.17. The summed E-state index contributed by atoms with van der Waals surface area (Å²) in [5, 5.41) is 9.47. The van der Waals surface area contributed by atoms with E-state index in [2.05, 4.69) is 16.1 Å². The summed E-state index contributed by atoms with van der Waals surface area (Å²) in [6.07, 6.45) is -0.121. The van der Waals surface area contributed by atoms with Gasteiger partial charge < -0.3 is 11.5 Å². The number of halogens is 3. The Morgan fingerprint density at radius 1 is 1.06 bits per heavy atom. The van der Waals surface area contributed by atoms with Gasteiger partial charge >= 0.3 is 6.18 Å². The first-order chi connectivity index (χ1) is 15.2. The largest absolute Gasteiger partial charge is 0.416 e. The van der Waals surface area contributed by atoms with Crippen molar-refractivity contribution in [3.8, 4) is 6.07 Å². The SMILES string of the molecule is N#Cc1ccc(Sc2cccc(C(F)(F)F)c2)c(N2C(N)=NC(N)=NC23CCCCC3)c1. The maximum Gasteiger partial charge on any atom is 0.416 e. The Hall–Kier alpha value is -3.19. The average molecular weight is 459 g/mol. The van der Waals surface area contributed by atoms with Gasteiger partial charge in [0.25, 0.3) is 0 Å². The monoisotopic (exact) mass is 458 g/mol. The zero-order valence-electron chi connectivity index (χ0n) is 17.1. The number of nitrogens with zero attached hydrogens (tertiary/aromatic N) is 4. The third-order valence-electron chi connectivity index (χ3n) is 5.57. The van der Waals surface area contributed by atoms with E-state index in [1.807, 2.05) is 0 Å². The van der Waals surface area contributed by atoms with Crippen molar-refractivity contribution < 1.29 is 13.2 Å². The van der Waals surface area contributed by atoms with Crippen LogP contribution in [0.3, 0.4) is 0 Å². The summed E-state index contributed by atoms with van der Waals surface area (Å²) in [6, 6.07) is 12.3. The molecule has 0 atom stereocenters. The summed E-state index contributed by atoms with van der Waals surface area (Å²) < 4.78 is 39.6. The molecule has 4 rings (SSSR count). The van der Waals surface area contributed by atoms with Crippen molar-refractivity contribution in [3.05, 3.63) is 53.6 Å². The molecule has 166 valence electrons. The highest BCUT2D eigenvalue weighted by Gasteiger charge is 2.43. The molecule has 1 saturated carbocycles. The summed E-state index contributed by atoms with van der Waals surface area (Å²) in [5.41, 5.74) is 11.8. The van der Waals surface area contributed by atoms with Gasteiger partial charge in [0.15, 0.2) is 0 Å². The molecule has 0 radical (unpaired) electrons.